The Hall–Kier alpha value is -3.83. The number of hydrogen-bond donors (Lipinski definition) is 3. The lowest BCUT2D eigenvalue weighted by molar-refractivity contribution is -0.118. The number of hydrogen-bond acceptors (Lipinski definition) is 11. The highest BCUT2D eigenvalue weighted by Crippen LogP contribution is 2.34. The second kappa shape index (κ2) is 11.1. The highest BCUT2D eigenvalue weighted by atomic mass is 16.6. The van der Waals surface area contributed by atoms with Crippen LogP contribution in [-0.4, -0.2) is 80.9 Å². The minimum Gasteiger partial charge on any atom is -0.484 e. The van der Waals surface area contributed by atoms with Gasteiger partial charge < -0.3 is 29.2 Å². The summed E-state index contributed by atoms with van der Waals surface area (Å²) in [6, 6.07) is 10.8. The van der Waals surface area contributed by atoms with Crippen LogP contribution in [0.2, 0.25) is 0 Å². The fourth-order valence-corrected chi connectivity index (χ4v) is 3.60. The summed E-state index contributed by atoms with van der Waals surface area (Å²) < 4.78 is 23.7. The predicted octanol–water partition coefficient (Wildman–Crippen LogP) is 0.402. The van der Waals surface area contributed by atoms with Crippen molar-refractivity contribution >= 4 is 23.0 Å². The van der Waals surface area contributed by atoms with Crippen molar-refractivity contribution in [1.82, 2.24) is 19.5 Å². The topological polar surface area (TPSA) is 174 Å². The zero-order valence-electron chi connectivity index (χ0n) is 18.8. The average Bonchev–Trinajstić information content (AvgIpc) is 3.43. The van der Waals surface area contributed by atoms with Crippen molar-refractivity contribution in [2.24, 2.45) is 0 Å². The lowest BCUT2D eigenvalue weighted by Gasteiger charge is -2.20. The number of carbonyl (C=O) groups is 1. The molecule has 35 heavy (non-hydrogen) atoms. The van der Waals surface area contributed by atoms with Crippen molar-refractivity contribution in [2.45, 2.75) is 31.0 Å². The minimum atomic E-state index is -1.09. The molecule has 0 saturated carbocycles. The number of benzene rings is 1. The van der Waals surface area contributed by atoms with Gasteiger partial charge in [-0.25, -0.2) is 4.98 Å². The molecule has 2 aromatic heterocycles. The summed E-state index contributed by atoms with van der Waals surface area (Å²) >= 11 is 0. The van der Waals surface area contributed by atoms with Gasteiger partial charge in [0.05, 0.1) is 25.4 Å². The Morgan fingerprint density at radius 1 is 1.29 bits per heavy atom. The van der Waals surface area contributed by atoms with Gasteiger partial charge in [-0.1, -0.05) is 18.2 Å². The highest BCUT2D eigenvalue weighted by Gasteiger charge is 2.45. The lowest BCUT2D eigenvalue weighted by Crippen LogP contribution is -2.34. The summed E-state index contributed by atoms with van der Waals surface area (Å²) in [4.78, 5) is 25.4. The molecule has 1 aliphatic heterocycles. The van der Waals surface area contributed by atoms with Gasteiger partial charge in [0, 0.05) is 7.11 Å². The van der Waals surface area contributed by atoms with Gasteiger partial charge in [0.15, 0.2) is 24.0 Å². The number of aliphatic hydroxyl groups excluding tert-OH is 2. The molecule has 0 bridgehead atoms. The van der Waals surface area contributed by atoms with E-state index in [0.717, 1.165) is 0 Å². The number of anilines is 1. The number of methoxy groups -OCH3 is 1. The Morgan fingerprint density at radius 3 is 2.80 bits per heavy atom. The van der Waals surface area contributed by atoms with E-state index in [9.17, 15) is 15.0 Å². The third-order valence-electron chi connectivity index (χ3n) is 5.25. The molecule has 3 heterocycles. The van der Waals surface area contributed by atoms with Crippen LogP contribution in [0.5, 0.6) is 11.6 Å². The van der Waals surface area contributed by atoms with E-state index in [4.69, 9.17) is 24.2 Å². The Labute approximate surface area is 199 Å². The predicted molar refractivity (Wildman–Crippen MR) is 119 cm³/mol. The summed E-state index contributed by atoms with van der Waals surface area (Å²) in [5, 5.41) is 31.3. The zero-order valence-corrected chi connectivity index (χ0v) is 18.8. The highest BCUT2D eigenvalue weighted by molar-refractivity contribution is 5.91. The summed E-state index contributed by atoms with van der Waals surface area (Å²) in [5.74, 6) is -0.0166. The van der Waals surface area contributed by atoms with Crippen LogP contribution in [0.15, 0.2) is 36.7 Å². The summed E-state index contributed by atoms with van der Waals surface area (Å²) in [7, 11) is 1.41. The molecule has 0 spiro atoms. The van der Waals surface area contributed by atoms with Crippen LogP contribution in [0.1, 0.15) is 12.6 Å². The van der Waals surface area contributed by atoms with Gasteiger partial charge in [0.25, 0.3) is 5.91 Å². The molecule has 1 fully saturated rings. The van der Waals surface area contributed by atoms with Crippen LogP contribution in [0.4, 0.5) is 5.95 Å². The molecule has 13 heteroatoms. The fraction of sp³-hybridized carbons (Fsp3) is 0.409. The van der Waals surface area contributed by atoms with E-state index in [1.807, 2.05) is 12.1 Å². The van der Waals surface area contributed by atoms with Crippen molar-refractivity contribution in [3.05, 3.63) is 36.7 Å². The average molecular weight is 484 g/mol. The largest absolute Gasteiger partial charge is 0.484 e. The van der Waals surface area contributed by atoms with Crippen LogP contribution in [0, 0.1) is 11.3 Å². The molecule has 0 radical (unpaired) electrons. The monoisotopic (exact) mass is 484 g/mol. The van der Waals surface area contributed by atoms with E-state index >= 15 is 0 Å². The van der Waals surface area contributed by atoms with Gasteiger partial charge in [-0.15, -0.1) is 0 Å². The molecule has 1 amide bonds. The van der Waals surface area contributed by atoms with Gasteiger partial charge in [0.1, 0.15) is 30.7 Å². The molecule has 13 nitrogen and oxygen atoms in total. The molecular weight excluding hydrogens is 460 g/mol. The Balaban J connectivity index is 1.62. The third kappa shape index (κ3) is 5.31. The smallest absolute Gasteiger partial charge is 0.264 e. The number of carbonyl (C=O) groups excluding carboxylic acids is 1. The maximum Gasteiger partial charge on any atom is 0.264 e. The number of aliphatic hydroxyl groups is 2. The van der Waals surface area contributed by atoms with Crippen LogP contribution in [0.3, 0.4) is 0 Å². The number of nitriles is 1. The van der Waals surface area contributed by atoms with E-state index in [2.05, 4.69) is 20.3 Å². The van der Waals surface area contributed by atoms with Crippen LogP contribution in [-0.2, 0) is 14.3 Å². The zero-order chi connectivity index (χ0) is 24.8. The van der Waals surface area contributed by atoms with Crippen molar-refractivity contribution in [1.29, 1.82) is 5.26 Å². The Bertz CT molecular complexity index is 1200. The van der Waals surface area contributed by atoms with Crippen LogP contribution in [0.25, 0.3) is 11.2 Å². The van der Waals surface area contributed by atoms with Gasteiger partial charge in [-0.3, -0.25) is 14.7 Å². The first kappa shape index (κ1) is 24.3. The number of amides is 1. The molecule has 1 saturated heterocycles. The van der Waals surface area contributed by atoms with Gasteiger partial charge in [-0.05, 0) is 12.1 Å². The molecule has 1 aromatic carbocycles. The lowest BCUT2D eigenvalue weighted by atomic mass is 10.1. The molecule has 4 atom stereocenters. The number of nitrogens with zero attached hydrogens (tertiary/aromatic N) is 5. The number of rotatable bonds is 10. The SMILES string of the molecule is CO[C@@H]1[C@H](O)[C@@H](CO)O[C@H]1n1cnc2c(OCCC#N)nc(NC(=O)COc3ccccc3)nc21. The number of fused-ring (bicyclic) bond motifs is 1. The number of ether oxygens (including phenoxy) is 4. The number of nitrogens with one attached hydrogen (secondary N) is 1. The number of aromatic nitrogens is 4. The number of imidazole rings is 1. The minimum absolute atomic E-state index is 0.0475. The van der Waals surface area contributed by atoms with Gasteiger partial charge in [0.2, 0.25) is 11.8 Å². The molecule has 4 rings (SSSR count). The molecule has 3 aromatic rings. The molecule has 0 aliphatic carbocycles. The first-order valence-electron chi connectivity index (χ1n) is 10.7. The van der Waals surface area contributed by atoms with Crippen molar-refractivity contribution in [2.75, 3.05) is 32.2 Å². The first-order chi connectivity index (χ1) is 17.0. The maximum absolute atomic E-state index is 12.5. The molecule has 3 N–H and O–H groups in total. The quantitative estimate of drug-likeness (QED) is 0.340. The normalized spacial score (nSPS) is 21.5. The first-order valence-corrected chi connectivity index (χ1v) is 10.7. The standard InChI is InChI=1S/C22H24N6O7/c1-32-18-17(31)14(10-29)35-21(18)28-12-24-16-19(28)26-22(27-20(16)33-9-5-8-23)25-15(30)11-34-13-6-3-2-4-7-13/h2-4,6-7,12,14,17-18,21,29,31H,5,9-11H2,1H3,(H,25,26,27,30)/t14-,17-,18-,21-/m1/s1. The van der Waals surface area contributed by atoms with Crippen molar-refractivity contribution in [3.63, 3.8) is 0 Å². The van der Waals surface area contributed by atoms with E-state index in [1.165, 1.54) is 18.0 Å². The third-order valence-corrected chi connectivity index (χ3v) is 5.25. The summed E-state index contributed by atoms with van der Waals surface area (Å²) in [5.41, 5.74) is 0.478. The second-order valence-electron chi connectivity index (χ2n) is 7.52. The molecular formula is C22H24N6O7. The van der Waals surface area contributed by atoms with Crippen molar-refractivity contribution in [3.8, 4) is 17.7 Å². The summed E-state index contributed by atoms with van der Waals surface area (Å²) in [6.07, 6.45) is -2.13. The second-order valence-corrected chi connectivity index (χ2v) is 7.52. The van der Waals surface area contributed by atoms with E-state index in [1.54, 1.807) is 24.3 Å². The molecule has 0 unspecified atom stereocenters. The van der Waals surface area contributed by atoms with Gasteiger partial charge >= 0.3 is 0 Å². The Kier molecular flexibility index (Phi) is 7.68. The molecule has 184 valence electrons. The summed E-state index contributed by atoms with van der Waals surface area (Å²) in [6.45, 7) is -0.645. The fourth-order valence-electron chi connectivity index (χ4n) is 3.60. The van der Waals surface area contributed by atoms with Crippen LogP contribution >= 0.6 is 0 Å². The van der Waals surface area contributed by atoms with Gasteiger partial charge in [-0.2, -0.15) is 15.2 Å². The molecule has 1 aliphatic rings. The van der Waals surface area contributed by atoms with E-state index < -0.39 is 37.1 Å². The van der Waals surface area contributed by atoms with E-state index in [-0.39, 0.29) is 42.6 Å². The van der Waals surface area contributed by atoms with Crippen molar-refractivity contribution < 1.29 is 34.0 Å². The number of para-hydroxylation sites is 1. The maximum atomic E-state index is 12.5. The van der Waals surface area contributed by atoms with Crippen LogP contribution < -0.4 is 14.8 Å². The Morgan fingerprint density at radius 2 is 2.09 bits per heavy atom. The van der Waals surface area contributed by atoms with E-state index in [0.29, 0.717) is 5.75 Å².